The molecule has 0 radical (unpaired) electrons. The zero-order valence-corrected chi connectivity index (χ0v) is 18.1. The molecule has 2 aromatic heterocycles. The number of carbonyl (C=O) groups is 1. The number of furan rings is 1. The van der Waals surface area contributed by atoms with Gasteiger partial charge in [0.05, 0.1) is 31.0 Å². The molecule has 1 N–H and O–H groups in total. The van der Waals surface area contributed by atoms with Crippen molar-refractivity contribution in [3.63, 3.8) is 0 Å². The maximum absolute atomic E-state index is 12.0. The van der Waals surface area contributed by atoms with Gasteiger partial charge >= 0.3 is 0 Å². The number of para-hydroxylation sites is 2. The van der Waals surface area contributed by atoms with Gasteiger partial charge in [-0.1, -0.05) is 12.1 Å². The van der Waals surface area contributed by atoms with E-state index in [1.807, 2.05) is 42.5 Å². The van der Waals surface area contributed by atoms with Gasteiger partial charge in [0.15, 0.2) is 5.76 Å². The molecule has 0 spiro atoms. The van der Waals surface area contributed by atoms with Gasteiger partial charge in [0.2, 0.25) is 0 Å². The fourth-order valence-corrected chi connectivity index (χ4v) is 3.59. The van der Waals surface area contributed by atoms with Crippen LogP contribution in [0.5, 0.6) is 11.5 Å². The molecular weight excluding hydrogens is 406 g/mol. The van der Waals surface area contributed by atoms with Crippen LogP contribution < -0.4 is 14.8 Å². The van der Waals surface area contributed by atoms with Crippen LogP contribution in [0.1, 0.15) is 29.2 Å². The first kappa shape index (κ1) is 21.5. The molecule has 0 aliphatic rings. The minimum absolute atomic E-state index is 0.195. The van der Waals surface area contributed by atoms with Gasteiger partial charge in [-0.2, -0.15) is 0 Å². The molecule has 0 saturated heterocycles. The highest BCUT2D eigenvalue weighted by Gasteiger charge is 2.11. The largest absolute Gasteiger partial charge is 0.497 e. The Labute approximate surface area is 187 Å². The number of nitrogens with zero attached hydrogens (tertiary/aromatic N) is 2. The molecule has 0 atom stereocenters. The third kappa shape index (κ3) is 5.29. The summed E-state index contributed by atoms with van der Waals surface area (Å²) in [6.07, 6.45) is 3.91. The normalized spacial score (nSPS) is 10.9. The van der Waals surface area contributed by atoms with Crippen LogP contribution in [-0.2, 0) is 13.0 Å². The molecule has 1 amide bonds. The SMILES string of the molecule is COc1ccc(OCCCn2c(CCCNC(=O)c3ccco3)nc3ccccc32)cc1. The Morgan fingerprint density at radius 2 is 1.84 bits per heavy atom. The van der Waals surface area contributed by atoms with E-state index in [0.717, 1.165) is 54.2 Å². The first-order chi connectivity index (χ1) is 15.7. The smallest absolute Gasteiger partial charge is 0.286 e. The number of aryl methyl sites for hydroxylation is 2. The van der Waals surface area contributed by atoms with Crippen molar-refractivity contribution < 1.29 is 18.7 Å². The van der Waals surface area contributed by atoms with Crippen LogP contribution >= 0.6 is 0 Å². The number of imidazole rings is 1. The minimum atomic E-state index is -0.195. The number of nitrogens with one attached hydrogen (secondary N) is 1. The Balaban J connectivity index is 1.31. The second-order valence-corrected chi connectivity index (χ2v) is 7.38. The Hall–Kier alpha value is -3.74. The number of hydrogen-bond acceptors (Lipinski definition) is 5. The third-order valence-corrected chi connectivity index (χ3v) is 5.20. The van der Waals surface area contributed by atoms with Crippen LogP contribution in [0.25, 0.3) is 11.0 Å². The van der Waals surface area contributed by atoms with Gasteiger partial charge in [0.25, 0.3) is 5.91 Å². The van der Waals surface area contributed by atoms with Gasteiger partial charge in [-0.3, -0.25) is 4.79 Å². The van der Waals surface area contributed by atoms with Gasteiger partial charge in [0.1, 0.15) is 17.3 Å². The summed E-state index contributed by atoms with van der Waals surface area (Å²) in [4.78, 5) is 16.8. The lowest BCUT2D eigenvalue weighted by atomic mass is 10.2. The van der Waals surface area contributed by atoms with Crippen molar-refractivity contribution in [1.29, 1.82) is 0 Å². The number of amides is 1. The molecule has 4 rings (SSSR count). The van der Waals surface area contributed by atoms with Crippen molar-refractivity contribution in [2.45, 2.75) is 25.8 Å². The molecule has 0 fully saturated rings. The number of hydrogen-bond donors (Lipinski definition) is 1. The first-order valence-electron chi connectivity index (χ1n) is 10.8. The molecule has 0 aliphatic heterocycles. The number of carbonyl (C=O) groups excluding carboxylic acids is 1. The van der Waals surface area contributed by atoms with Crippen LogP contribution in [-0.4, -0.2) is 35.7 Å². The van der Waals surface area contributed by atoms with Crippen LogP contribution in [0.3, 0.4) is 0 Å². The van der Waals surface area contributed by atoms with Gasteiger partial charge in [-0.25, -0.2) is 4.98 Å². The maximum atomic E-state index is 12.0. The molecule has 0 bridgehead atoms. The quantitative estimate of drug-likeness (QED) is 0.353. The van der Waals surface area contributed by atoms with Crippen molar-refractivity contribution in [3.8, 4) is 11.5 Å². The Kier molecular flexibility index (Phi) is 7.07. The lowest BCUT2D eigenvalue weighted by Crippen LogP contribution is -2.24. The minimum Gasteiger partial charge on any atom is -0.497 e. The van der Waals surface area contributed by atoms with E-state index in [4.69, 9.17) is 18.9 Å². The van der Waals surface area contributed by atoms with E-state index in [1.165, 1.54) is 6.26 Å². The number of benzene rings is 2. The molecule has 0 saturated carbocycles. The summed E-state index contributed by atoms with van der Waals surface area (Å²) in [5.41, 5.74) is 2.10. The highest BCUT2D eigenvalue weighted by Crippen LogP contribution is 2.19. The van der Waals surface area contributed by atoms with E-state index in [-0.39, 0.29) is 5.91 Å². The van der Waals surface area contributed by atoms with Gasteiger partial charge in [0, 0.05) is 19.5 Å². The van der Waals surface area contributed by atoms with Gasteiger partial charge in [-0.05, 0) is 61.4 Å². The Morgan fingerprint density at radius 1 is 1.03 bits per heavy atom. The van der Waals surface area contributed by atoms with Crippen molar-refractivity contribution in [2.75, 3.05) is 20.3 Å². The summed E-state index contributed by atoms with van der Waals surface area (Å²) < 4.78 is 18.4. The number of methoxy groups -OCH3 is 1. The summed E-state index contributed by atoms with van der Waals surface area (Å²) >= 11 is 0. The number of rotatable bonds is 11. The Bertz CT molecular complexity index is 1130. The molecule has 7 nitrogen and oxygen atoms in total. The predicted molar refractivity (Wildman–Crippen MR) is 122 cm³/mol. The van der Waals surface area contributed by atoms with Crippen molar-refractivity contribution in [3.05, 3.63) is 78.5 Å². The highest BCUT2D eigenvalue weighted by atomic mass is 16.5. The molecule has 0 aliphatic carbocycles. The zero-order chi connectivity index (χ0) is 22.2. The molecule has 166 valence electrons. The van der Waals surface area contributed by atoms with E-state index in [1.54, 1.807) is 19.2 Å². The van der Waals surface area contributed by atoms with Crippen molar-refractivity contribution in [1.82, 2.24) is 14.9 Å². The molecule has 0 unspecified atom stereocenters. The molecule has 4 aromatic rings. The molecule has 32 heavy (non-hydrogen) atoms. The fraction of sp³-hybridized carbons (Fsp3) is 0.280. The fourth-order valence-electron chi connectivity index (χ4n) is 3.59. The second kappa shape index (κ2) is 10.5. The van der Waals surface area contributed by atoms with Crippen molar-refractivity contribution >= 4 is 16.9 Å². The third-order valence-electron chi connectivity index (χ3n) is 5.20. The van der Waals surface area contributed by atoms with Crippen LogP contribution in [0.2, 0.25) is 0 Å². The summed E-state index contributed by atoms with van der Waals surface area (Å²) in [5, 5.41) is 2.89. The molecule has 2 heterocycles. The van der Waals surface area contributed by atoms with E-state index < -0.39 is 0 Å². The monoisotopic (exact) mass is 433 g/mol. The van der Waals surface area contributed by atoms with E-state index >= 15 is 0 Å². The number of ether oxygens (including phenoxy) is 2. The molecular formula is C25H27N3O4. The second-order valence-electron chi connectivity index (χ2n) is 7.38. The van der Waals surface area contributed by atoms with Crippen LogP contribution in [0.15, 0.2) is 71.3 Å². The van der Waals surface area contributed by atoms with Crippen LogP contribution in [0, 0.1) is 0 Å². The number of aromatic nitrogens is 2. The molecule has 7 heteroatoms. The zero-order valence-electron chi connectivity index (χ0n) is 18.1. The lowest BCUT2D eigenvalue weighted by molar-refractivity contribution is 0.0925. The standard InChI is InChI=1S/C25H27N3O4/c1-30-19-11-13-20(14-12-19)31-18-6-16-28-22-8-3-2-7-21(22)27-24(28)10-4-15-26-25(29)23-9-5-17-32-23/h2-3,5,7-9,11-14,17H,4,6,10,15-16,18H2,1H3,(H,26,29). The summed E-state index contributed by atoms with van der Waals surface area (Å²) in [6.45, 7) is 1.98. The van der Waals surface area contributed by atoms with E-state index in [0.29, 0.717) is 18.9 Å². The van der Waals surface area contributed by atoms with Crippen LogP contribution in [0.4, 0.5) is 0 Å². The van der Waals surface area contributed by atoms with E-state index in [9.17, 15) is 4.79 Å². The number of fused-ring (bicyclic) bond motifs is 1. The lowest BCUT2D eigenvalue weighted by Gasteiger charge is -2.11. The summed E-state index contributed by atoms with van der Waals surface area (Å²) in [5.74, 6) is 2.79. The van der Waals surface area contributed by atoms with E-state index in [2.05, 4.69) is 16.0 Å². The highest BCUT2D eigenvalue weighted by molar-refractivity contribution is 5.91. The average Bonchev–Trinajstić information content (AvgIpc) is 3.48. The Morgan fingerprint density at radius 3 is 2.62 bits per heavy atom. The van der Waals surface area contributed by atoms with Crippen molar-refractivity contribution in [2.24, 2.45) is 0 Å². The van der Waals surface area contributed by atoms with Gasteiger partial charge < -0.3 is 23.8 Å². The summed E-state index contributed by atoms with van der Waals surface area (Å²) in [7, 11) is 1.65. The topological polar surface area (TPSA) is 78.5 Å². The average molecular weight is 434 g/mol. The first-order valence-corrected chi connectivity index (χ1v) is 10.8. The molecule has 2 aromatic carbocycles. The summed E-state index contributed by atoms with van der Waals surface area (Å²) in [6, 6.07) is 19.1. The predicted octanol–water partition coefficient (Wildman–Crippen LogP) is 4.47. The van der Waals surface area contributed by atoms with Gasteiger partial charge in [-0.15, -0.1) is 0 Å². The maximum Gasteiger partial charge on any atom is 0.286 e.